The molecule has 0 unspecified atom stereocenters. The van der Waals surface area contributed by atoms with Gasteiger partial charge in [0.05, 0.1) is 10.6 Å². The van der Waals surface area contributed by atoms with Gasteiger partial charge in [-0.05, 0) is 56.5 Å². The number of aryl methyl sites for hydroxylation is 2. The molecule has 8 heteroatoms. The number of aromatic nitrogens is 2. The van der Waals surface area contributed by atoms with E-state index in [9.17, 15) is 19.3 Å². The van der Waals surface area contributed by atoms with E-state index in [2.05, 4.69) is 10.2 Å². The highest BCUT2D eigenvalue weighted by Crippen LogP contribution is 2.21. The topological polar surface area (TPSA) is 92.1 Å². The molecular formula is C23H25FN4O3. The maximum Gasteiger partial charge on any atom is 0.272 e. The van der Waals surface area contributed by atoms with Gasteiger partial charge in [-0.1, -0.05) is 18.6 Å². The molecule has 0 aliphatic rings. The Hall–Kier alpha value is -3.55. The van der Waals surface area contributed by atoms with Gasteiger partial charge in [-0.3, -0.25) is 20.0 Å². The highest BCUT2D eigenvalue weighted by atomic mass is 19.1. The Morgan fingerprint density at radius 3 is 2.68 bits per heavy atom. The average Bonchev–Trinajstić information content (AvgIpc) is 3.21. The van der Waals surface area contributed by atoms with E-state index in [1.54, 1.807) is 31.0 Å². The monoisotopic (exact) mass is 424 g/mol. The number of hydrogen-bond donors (Lipinski definition) is 1. The van der Waals surface area contributed by atoms with Crippen molar-refractivity contribution in [2.45, 2.75) is 32.6 Å². The van der Waals surface area contributed by atoms with Crippen molar-refractivity contribution in [3.05, 3.63) is 81.3 Å². The number of carbonyl (C=O) groups excluding carboxylic acids is 1. The molecule has 31 heavy (non-hydrogen) atoms. The van der Waals surface area contributed by atoms with E-state index in [-0.39, 0.29) is 17.4 Å². The fourth-order valence-corrected chi connectivity index (χ4v) is 3.44. The summed E-state index contributed by atoms with van der Waals surface area (Å²) in [6.45, 7) is 2.23. The first-order chi connectivity index (χ1) is 14.8. The maximum atomic E-state index is 13.4. The van der Waals surface area contributed by atoms with Crippen LogP contribution in [0, 0.1) is 22.9 Å². The highest BCUT2D eigenvalue weighted by Gasteiger charge is 2.16. The van der Waals surface area contributed by atoms with Gasteiger partial charge < -0.3 is 4.90 Å². The van der Waals surface area contributed by atoms with Crippen LogP contribution in [0.5, 0.6) is 0 Å². The number of nitro groups is 1. The molecule has 1 aromatic heterocycles. The molecule has 2 aromatic carbocycles. The van der Waals surface area contributed by atoms with Crippen LogP contribution in [0.3, 0.4) is 0 Å². The first-order valence-electron chi connectivity index (χ1n) is 10.2. The molecule has 0 aliphatic carbocycles. The lowest BCUT2D eigenvalue weighted by atomic mass is 10.1. The van der Waals surface area contributed by atoms with Crippen LogP contribution in [0.25, 0.3) is 11.3 Å². The molecule has 162 valence electrons. The number of nitrogens with zero attached hydrogens (tertiary/aromatic N) is 3. The zero-order valence-electron chi connectivity index (χ0n) is 17.6. The number of rotatable bonds is 9. The van der Waals surface area contributed by atoms with Crippen LogP contribution in [0.1, 0.15) is 40.9 Å². The molecular weight excluding hydrogens is 399 g/mol. The summed E-state index contributed by atoms with van der Waals surface area (Å²) in [5, 5.41) is 18.2. The van der Waals surface area contributed by atoms with Gasteiger partial charge in [-0.2, -0.15) is 5.10 Å². The number of aromatic amines is 1. The third-order valence-corrected chi connectivity index (χ3v) is 5.18. The molecule has 0 saturated carbocycles. The largest absolute Gasteiger partial charge is 0.342 e. The van der Waals surface area contributed by atoms with Gasteiger partial charge in [0, 0.05) is 42.0 Å². The predicted octanol–water partition coefficient (Wildman–Crippen LogP) is 4.92. The Labute approximate surface area is 180 Å². The molecule has 0 spiro atoms. The standard InChI is InChI=1S/C23H25FN4O3/c1-16-13-18(10-11-22(16)28(30)31)23(29)27(2)12-5-3-4-9-20-15-21(26-25-20)17-7-6-8-19(24)14-17/h6-8,10-11,13-15H,3-5,9,12H2,1-2H3,(H,25,26). The van der Waals surface area contributed by atoms with E-state index in [0.29, 0.717) is 17.7 Å². The number of amides is 1. The fraction of sp³-hybridized carbons (Fsp3) is 0.304. The minimum Gasteiger partial charge on any atom is -0.342 e. The number of carbonyl (C=O) groups is 1. The normalized spacial score (nSPS) is 10.8. The number of nitrogens with one attached hydrogen (secondary N) is 1. The lowest BCUT2D eigenvalue weighted by Gasteiger charge is -2.17. The van der Waals surface area contributed by atoms with Crippen LogP contribution >= 0.6 is 0 Å². The molecule has 3 aromatic rings. The minimum atomic E-state index is -0.450. The van der Waals surface area contributed by atoms with Gasteiger partial charge in [-0.15, -0.1) is 0 Å². The molecule has 0 radical (unpaired) electrons. The Bertz CT molecular complexity index is 1080. The van der Waals surface area contributed by atoms with E-state index in [4.69, 9.17) is 0 Å². The number of nitro benzene ring substituents is 1. The molecule has 0 atom stereocenters. The van der Waals surface area contributed by atoms with E-state index in [1.807, 2.05) is 12.1 Å². The van der Waals surface area contributed by atoms with E-state index >= 15 is 0 Å². The summed E-state index contributed by atoms with van der Waals surface area (Å²) in [5.74, 6) is -0.434. The summed E-state index contributed by atoms with van der Waals surface area (Å²) in [6, 6.07) is 12.7. The Kier molecular flexibility index (Phi) is 7.12. The molecule has 0 bridgehead atoms. The lowest BCUT2D eigenvalue weighted by molar-refractivity contribution is -0.385. The third kappa shape index (κ3) is 5.75. The first-order valence-corrected chi connectivity index (χ1v) is 10.2. The van der Waals surface area contributed by atoms with Crippen LogP contribution < -0.4 is 0 Å². The zero-order chi connectivity index (χ0) is 22.4. The predicted molar refractivity (Wildman–Crippen MR) is 116 cm³/mol. The van der Waals surface area contributed by atoms with E-state index < -0.39 is 4.92 Å². The quantitative estimate of drug-likeness (QED) is 0.300. The van der Waals surface area contributed by atoms with Crippen LogP contribution in [0.4, 0.5) is 10.1 Å². The van der Waals surface area contributed by atoms with Crippen molar-refractivity contribution in [3.8, 4) is 11.3 Å². The van der Waals surface area contributed by atoms with Crippen molar-refractivity contribution in [3.63, 3.8) is 0 Å². The van der Waals surface area contributed by atoms with E-state index in [1.165, 1.54) is 24.3 Å². The lowest BCUT2D eigenvalue weighted by Crippen LogP contribution is -2.27. The number of unbranched alkanes of at least 4 members (excludes halogenated alkanes) is 2. The molecule has 0 fully saturated rings. The summed E-state index contributed by atoms with van der Waals surface area (Å²) in [4.78, 5) is 24.6. The van der Waals surface area contributed by atoms with Crippen molar-refractivity contribution < 1.29 is 14.1 Å². The zero-order valence-corrected chi connectivity index (χ0v) is 17.6. The number of hydrogen-bond acceptors (Lipinski definition) is 4. The second kappa shape index (κ2) is 9.97. The summed E-state index contributed by atoms with van der Waals surface area (Å²) in [7, 11) is 1.74. The Morgan fingerprint density at radius 1 is 1.16 bits per heavy atom. The van der Waals surface area contributed by atoms with Crippen LogP contribution in [-0.4, -0.2) is 39.5 Å². The summed E-state index contributed by atoms with van der Waals surface area (Å²) < 4.78 is 13.4. The van der Waals surface area contributed by atoms with Gasteiger partial charge in [0.2, 0.25) is 0 Å². The van der Waals surface area contributed by atoms with E-state index in [0.717, 1.165) is 42.6 Å². The number of H-pyrrole nitrogens is 1. The Morgan fingerprint density at radius 2 is 1.97 bits per heavy atom. The van der Waals surface area contributed by atoms with Crippen molar-refractivity contribution in [1.82, 2.24) is 15.1 Å². The molecule has 1 heterocycles. The van der Waals surface area contributed by atoms with Crippen molar-refractivity contribution in [1.29, 1.82) is 0 Å². The summed E-state index contributed by atoms with van der Waals surface area (Å²) in [5.41, 5.74) is 3.39. The molecule has 1 amide bonds. The smallest absolute Gasteiger partial charge is 0.272 e. The SMILES string of the molecule is Cc1cc(C(=O)N(C)CCCCCc2cc(-c3cccc(F)c3)n[nH]2)ccc1[N+](=O)[O-]. The van der Waals surface area contributed by atoms with Crippen LogP contribution in [0.15, 0.2) is 48.5 Å². The van der Waals surface area contributed by atoms with Crippen molar-refractivity contribution in [2.75, 3.05) is 13.6 Å². The van der Waals surface area contributed by atoms with Gasteiger partial charge in [-0.25, -0.2) is 4.39 Å². The molecule has 0 aliphatic heterocycles. The minimum absolute atomic E-state index is 0.0126. The van der Waals surface area contributed by atoms with Gasteiger partial charge in [0.1, 0.15) is 5.82 Å². The molecule has 3 rings (SSSR count). The highest BCUT2D eigenvalue weighted by molar-refractivity contribution is 5.94. The molecule has 1 N–H and O–H groups in total. The molecule has 7 nitrogen and oxygen atoms in total. The Balaban J connectivity index is 1.43. The van der Waals surface area contributed by atoms with Crippen LogP contribution in [0.2, 0.25) is 0 Å². The van der Waals surface area contributed by atoms with Crippen molar-refractivity contribution >= 4 is 11.6 Å². The number of benzene rings is 2. The fourth-order valence-electron chi connectivity index (χ4n) is 3.44. The van der Waals surface area contributed by atoms with Gasteiger partial charge in [0.25, 0.3) is 11.6 Å². The number of halogens is 1. The second-order valence-electron chi connectivity index (χ2n) is 7.58. The first kappa shape index (κ1) is 22.1. The maximum absolute atomic E-state index is 13.4. The summed E-state index contributed by atoms with van der Waals surface area (Å²) >= 11 is 0. The molecule has 0 saturated heterocycles. The van der Waals surface area contributed by atoms with Crippen molar-refractivity contribution in [2.24, 2.45) is 0 Å². The van der Waals surface area contributed by atoms with Gasteiger partial charge >= 0.3 is 0 Å². The third-order valence-electron chi connectivity index (χ3n) is 5.18. The second-order valence-corrected chi connectivity index (χ2v) is 7.58. The average molecular weight is 424 g/mol. The van der Waals surface area contributed by atoms with Crippen LogP contribution in [-0.2, 0) is 6.42 Å². The van der Waals surface area contributed by atoms with Gasteiger partial charge in [0.15, 0.2) is 0 Å². The summed E-state index contributed by atoms with van der Waals surface area (Å²) in [6.07, 6.45) is 3.54.